The molecule has 0 unspecified atom stereocenters. The fourth-order valence-corrected chi connectivity index (χ4v) is 2.64. The van der Waals surface area contributed by atoms with Crippen molar-refractivity contribution in [3.05, 3.63) is 94.3 Å². The Morgan fingerprint density at radius 3 is 2.25 bits per heavy atom. The van der Waals surface area contributed by atoms with Crippen molar-refractivity contribution in [3.63, 3.8) is 0 Å². The molecule has 0 saturated carbocycles. The third-order valence-electron chi connectivity index (χ3n) is 3.86. The minimum Gasteiger partial charge on any atom is -0.322 e. The standard InChI is InChI=1S/C21H13ClFN3O2/c22-17-11-16(8-9-18(17)23)25-20(27)13-5-3-6-14(10-13)21(28)26-19-7-2-1-4-15(19)12-24/h1-11H,(H,25,27)(H,26,28). The first-order valence-electron chi connectivity index (χ1n) is 8.15. The van der Waals surface area contributed by atoms with E-state index in [1.54, 1.807) is 42.5 Å². The molecular formula is C21H13ClFN3O2. The van der Waals surface area contributed by atoms with Crippen LogP contribution in [0.3, 0.4) is 0 Å². The lowest BCUT2D eigenvalue weighted by Gasteiger charge is -2.09. The zero-order chi connectivity index (χ0) is 20.1. The number of hydrogen-bond acceptors (Lipinski definition) is 3. The van der Waals surface area contributed by atoms with E-state index in [1.165, 1.54) is 18.2 Å². The Morgan fingerprint density at radius 2 is 1.57 bits per heavy atom. The van der Waals surface area contributed by atoms with Crippen molar-refractivity contribution < 1.29 is 14.0 Å². The molecule has 2 N–H and O–H groups in total. The molecule has 0 spiro atoms. The van der Waals surface area contributed by atoms with Crippen LogP contribution in [0.5, 0.6) is 0 Å². The number of carbonyl (C=O) groups is 2. The minimum atomic E-state index is -0.587. The van der Waals surface area contributed by atoms with Crippen molar-refractivity contribution in [1.29, 1.82) is 5.26 Å². The van der Waals surface area contributed by atoms with E-state index < -0.39 is 17.6 Å². The summed E-state index contributed by atoms with van der Waals surface area (Å²) in [6.07, 6.45) is 0. The van der Waals surface area contributed by atoms with Gasteiger partial charge in [-0.3, -0.25) is 9.59 Å². The van der Waals surface area contributed by atoms with Crippen LogP contribution in [-0.4, -0.2) is 11.8 Å². The molecule has 0 radical (unpaired) electrons. The second-order valence-electron chi connectivity index (χ2n) is 5.78. The Balaban J connectivity index is 1.77. The summed E-state index contributed by atoms with van der Waals surface area (Å²) in [5.74, 6) is -1.52. The van der Waals surface area contributed by atoms with E-state index in [2.05, 4.69) is 10.6 Å². The number of nitrogens with one attached hydrogen (secondary N) is 2. The van der Waals surface area contributed by atoms with E-state index in [0.29, 0.717) is 16.9 Å². The zero-order valence-electron chi connectivity index (χ0n) is 14.4. The maximum atomic E-state index is 13.2. The highest BCUT2D eigenvalue weighted by molar-refractivity contribution is 6.31. The Bertz CT molecular complexity index is 1110. The SMILES string of the molecule is N#Cc1ccccc1NC(=O)c1cccc(C(=O)Nc2ccc(F)c(Cl)c2)c1. The third-order valence-corrected chi connectivity index (χ3v) is 4.15. The lowest BCUT2D eigenvalue weighted by molar-refractivity contribution is 0.102. The summed E-state index contributed by atoms with van der Waals surface area (Å²) >= 11 is 5.71. The molecule has 3 rings (SSSR count). The average Bonchev–Trinajstić information content (AvgIpc) is 2.71. The first-order valence-corrected chi connectivity index (χ1v) is 8.52. The van der Waals surface area contributed by atoms with Gasteiger partial charge in [-0.15, -0.1) is 0 Å². The van der Waals surface area contributed by atoms with Gasteiger partial charge in [-0.05, 0) is 48.5 Å². The third kappa shape index (κ3) is 4.34. The molecule has 0 bridgehead atoms. The number of carbonyl (C=O) groups excluding carboxylic acids is 2. The van der Waals surface area contributed by atoms with Crippen LogP contribution in [0.4, 0.5) is 15.8 Å². The van der Waals surface area contributed by atoms with Crippen LogP contribution in [0.25, 0.3) is 0 Å². The van der Waals surface area contributed by atoms with Gasteiger partial charge in [-0.2, -0.15) is 5.26 Å². The van der Waals surface area contributed by atoms with Crippen molar-refractivity contribution in [2.45, 2.75) is 0 Å². The van der Waals surface area contributed by atoms with Crippen LogP contribution >= 0.6 is 11.6 Å². The molecule has 7 heteroatoms. The summed E-state index contributed by atoms with van der Waals surface area (Å²) < 4.78 is 13.2. The van der Waals surface area contributed by atoms with Gasteiger partial charge in [-0.1, -0.05) is 29.8 Å². The summed E-state index contributed by atoms with van der Waals surface area (Å²) in [7, 11) is 0. The van der Waals surface area contributed by atoms with Gasteiger partial charge in [0.15, 0.2) is 0 Å². The normalized spacial score (nSPS) is 10.0. The molecule has 0 aliphatic rings. The van der Waals surface area contributed by atoms with Crippen molar-refractivity contribution in [2.75, 3.05) is 10.6 Å². The highest BCUT2D eigenvalue weighted by Gasteiger charge is 2.13. The van der Waals surface area contributed by atoms with E-state index in [-0.39, 0.29) is 16.1 Å². The average molecular weight is 394 g/mol. The van der Waals surface area contributed by atoms with E-state index >= 15 is 0 Å². The number of nitriles is 1. The molecule has 3 aromatic rings. The van der Waals surface area contributed by atoms with Crippen LogP contribution in [-0.2, 0) is 0 Å². The molecule has 0 saturated heterocycles. The fourth-order valence-electron chi connectivity index (χ4n) is 2.46. The van der Waals surface area contributed by atoms with E-state index in [4.69, 9.17) is 16.9 Å². The summed E-state index contributed by atoms with van der Waals surface area (Å²) in [5, 5.41) is 14.2. The second-order valence-corrected chi connectivity index (χ2v) is 6.18. The Labute approximate surface area is 165 Å². The predicted octanol–water partition coefficient (Wildman–Crippen LogP) is 4.86. The topological polar surface area (TPSA) is 82.0 Å². The zero-order valence-corrected chi connectivity index (χ0v) is 15.1. The van der Waals surface area contributed by atoms with Gasteiger partial charge in [-0.25, -0.2) is 4.39 Å². The summed E-state index contributed by atoms with van der Waals surface area (Å²) in [6.45, 7) is 0. The molecule has 0 atom stereocenters. The number of rotatable bonds is 4. The van der Waals surface area contributed by atoms with E-state index in [0.717, 1.165) is 6.07 Å². The maximum Gasteiger partial charge on any atom is 0.255 e. The van der Waals surface area contributed by atoms with Gasteiger partial charge in [0.05, 0.1) is 16.3 Å². The molecule has 0 aromatic heterocycles. The van der Waals surface area contributed by atoms with E-state index in [1.807, 2.05) is 6.07 Å². The first kappa shape index (κ1) is 19.1. The van der Waals surface area contributed by atoms with Gasteiger partial charge in [0, 0.05) is 16.8 Å². The van der Waals surface area contributed by atoms with Crippen molar-refractivity contribution in [3.8, 4) is 6.07 Å². The maximum absolute atomic E-state index is 13.2. The second kappa shape index (κ2) is 8.33. The van der Waals surface area contributed by atoms with Gasteiger partial charge < -0.3 is 10.6 Å². The molecule has 3 aromatic carbocycles. The highest BCUT2D eigenvalue weighted by atomic mass is 35.5. The monoisotopic (exact) mass is 393 g/mol. The lowest BCUT2D eigenvalue weighted by Crippen LogP contribution is -2.16. The van der Waals surface area contributed by atoms with Gasteiger partial charge in [0.2, 0.25) is 0 Å². The van der Waals surface area contributed by atoms with Crippen LogP contribution in [0.2, 0.25) is 5.02 Å². The van der Waals surface area contributed by atoms with Crippen LogP contribution in [0, 0.1) is 17.1 Å². The molecule has 0 heterocycles. The molecule has 28 heavy (non-hydrogen) atoms. The summed E-state index contributed by atoms with van der Waals surface area (Å²) in [6, 6.07) is 18.5. The smallest absolute Gasteiger partial charge is 0.255 e. The number of amides is 2. The summed E-state index contributed by atoms with van der Waals surface area (Å²) in [5.41, 5.74) is 1.53. The van der Waals surface area contributed by atoms with Gasteiger partial charge in [0.1, 0.15) is 11.9 Å². The fraction of sp³-hybridized carbons (Fsp3) is 0. The molecule has 5 nitrogen and oxygen atoms in total. The largest absolute Gasteiger partial charge is 0.322 e. The Hall–Kier alpha value is -3.69. The van der Waals surface area contributed by atoms with E-state index in [9.17, 15) is 14.0 Å². The highest BCUT2D eigenvalue weighted by Crippen LogP contribution is 2.20. The Kier molecular flexibility index (Phi) is 5.68. The van der Waals surface area contributed by atoms with Crippen LogP contribution < -0.4 is 10.6 Å². The minimum absolute atomic E-state index is 0.109. The number of anilines is 2. The first-order chi connectivity index (χ1) is 13.5. The Morgan fingerprint density at radius 1 is 0.893 bits per heavy atom. The molecule has 0 aliphatic carbocycles. The van der Waals surface area contributed by atoms with Crippen LogP contribution in [0.15, 0.2) is 66.7 Å². The van der Waals surface area contributed by atoms with Crippen LogP contribution in [0.1, 0.15) is 26.3 Å². The molecule has 138 valence electrons. The number of hydrogen-bond donors (Lipinski definition) is 2. The van der Waals surface area contributed by atoms with Crippen molar-refractivity contribution in [2.24, 2.45) is 0 Å². The van der Waals surface area contributed by atoms with Gasteiger partial charge >= 0.3 is 0 Å². The molecule has 0 aliphatic heterocycles. The molecular weight excluding hydrogens is 381 g/mol. The molecule has 2 amide bonds. The quantitative estimate of drug-likeness (QED) is 0.664. The predicted molar refractivity (Wildman–Crippen MR) is 105 cm³/mol. The van der Waals surface area contributed by atoms with Gasteiger partial charge in [0.25, 0.3) is 11.8 Å². The number of nitrogens with zero attached hydrogens (tertiary/aromatic N) is 1. The van der Waals surface area contributed by atoms with Crippen molar-refractivity contribution in [1.82, 2.24) is 0 Å². The lowest BCUT2D eigenvalue weighted by atomic mass is 10.1. The molecule has 0 fully saturated rings. The number of halogens is 2. The summed E-state index contributed by atoms with van der Waals surface area (Å²) in [4.78, 5) is 24.9. The van der Waals surface area contributed by atoms with Crippen molar-refractivity contribution >= 4 is 34.8 Å². The number of benzene rings is 3. The number of para-hydroxylation sites is 1.